The first kappa shape index (κ1) is 43.6. The molecule has 0 radical (unpaired) electrons. The Morgan fingerprint density at radius 3 is 0.821 bits per heavy atom. The first-order chi connectivity index (χ1) is 26.3. The normalized spacial score (nSPS) is 20.9. The van der Waals surface area contributed by atoms with Gasteiger partial charge in [-0.05, 0) is 114 Å². The van der Waals surface area contributed by atoms with E-state index in [1.54, 1.807) is 0 Å². The molecule has 56 heavy (non-hydrogen) atoms. The second-order valence-corrected chi connectivity index (χ2v) is 21.1. The van der Waals surface area contributed by atoms with E-state index >= 15 is 26.3 Å². The Hall–Kier alpha value is -1.94. The molecule has 2 aromatic carbocycles. The fourth-order valence-corrected chi connectivity index (χ4v) is 16.0. The molecular weight excluding hydrogens is 798 g/mol. The number of nitrogens with one attached hydrogen (secondary N) is 2. The second kappa shape index (κ2) is 17.7. The van der Waals surface area contributed by atoms with Crippen LogP contribution in [0, 0.1) is 0 Å². The van der Waals surface area contributed by atoms with Crippen molar-refractivity contribution in [2.75, 3.05) is 10.2 Å². The van der Waals surface area contributed by atoms with Gasteiger partial charge in [0.25, 0.3) is 0 Å². The molecule has 4 saturated carbocycles. The van der Waals surface area contributed by atoms with Crippen LogP contribution in [0.25, 0.3) is 11.1 Å². The highest BCUT2D eigenvalue weighted by molar-refractivity contribution is 7.61. The summed E-state index contributed by atoms with van der Waals surface area (Å²) in [5.74, 6) is 0. The van der Waals surface area contributed by atoms with Gasteiger partial charge in [0.2, 0.25) is 0 Å². The largest absolute Gasteiger partial charge is 0.417 e. The monoisotopic (exact) mass is 848 g/mol. The molecule has 4 aliphatic carbocycles. The number of alkyl halides is 12. The van der Waals surface area contributed by atoms with E-state index in [0.717, 1.165) is 77.0 Å². The Morgan fingerprint density at radius 2 is 0.607 bits per heavy atom. The van der Waals surface area contributed by atoms with E-state index < -0.39 is 85.6 Å². The second-order valence-electron chi connectivity index (χ2n) is 16.1. The van der Waals surface area contributed by atoms with Gasteiger partial charge in [-0.15, -0.1) is 0 Å². The molecule has 0 bridgehead atoms. The zero-order chi connectivity index (χ0) is 40.5. The van der Waals surface area contributed by atoms with Gasteiger partial charge in [-0.25, -0.2) is 0 Å². The average molecular weight is 849 g/mol. The molecule has 4 fully saturated rings. The van der Waals surface area contributed by atoms with Crippen molar-refractivity contribution in [2.24, 2.45) is 0 Å². The quantitative estimate of drug-likeness (QED) is 0.194. The fourth-order valence-electron chi connectivity index (χ4n) is 9.45. The minimum atomic E-state index is -5.61. The smallest absolute Gasteiger partial charge is 0.363 e. The van der Waals surface area contributed by atoms with Crippen LogP contribution >= 0.6 is 16.1 Å². The molecule has 0 saturated heterocycles. The third-order valence-corrected chi connectivity index (χ3v) is 18.4. The number of rotatable bonds is 9. The topological polar surface area (TPSA) is 24.1 Å². The molecule has 0 aromatic heterocycles. The number of hydrogen-bond donors (Lipinski definition) is 2. The number of hydrogen-bond acceptors (Lipinski definition) is 2. The van der Waals surface area contributed by atoms with E-state index in [-0.39, 0.29) is 34.8 Å². The first-order valence-corrected chi connectivity index (χ1v) is 23.0. The Labute approximate surface area is 323 Å². The summed E-state index contributed by atoms with van der Waals surface area (Å²) in [5.41, 5.74) is -11.6. The minimum absolute atomic E-state index is 0.101. The van der Waals surface area contributed by atoms with Crippen molar-refractivity contribution in [3.05, 3.63) is 46.5 Å². The standard InChI is InChI=1S/C40H50F12N2P2/c41-37(42,43)25-21-31(39(47,48)49)35(33(23-25)53-55(27-13-5-1-6-14-27)28-15-7-2-8-16-28)36-32(40(50,51)52)22-26(38(44,45)46)24-34(36)54-56(29-17-9-3-10-18-29)30-19-11-4-12-20-30/h21-24,27-30,53-54H,1-20H2. The van der Waals surface area contributed by atoms with Gasteiger partial charge in [-0.3, -0.25) is 0 Å². The Bertz CT molecular complexity index is 1460. The molecule has 0 aliphatic heterocycles. The van der Waals surface area contributed by atoms with Crippen LogP contribution in [-0.4, -0.2) is 22.6 Å². The fraction of sp³-hybridized carbons (Fsp3) is 0.700. The van der Waals surface area contributed by atoms with Crippen LogP contribution in [0.4, 0.5) is 64.1 Å². The van der Waals surface area contributed by atoms with Crippen LogP contribution in [0.2, 0.25) is 0 Å². The van der Waals surface area contributed by atoms with Crippen molar-refractivity contribution in [3.63, 3.8) is 0 Å². The average Bonchev–Trinajstić information content (AvgIpc) is 3.15. The first-order valence-electron chi connectivity index (χ1n) is 20.1. The van der Waals surface area contributed by atoms with Gasteiger partial charge in [0, 0.05) is 22.5 Å². The third kappa shape index (κ3) is 10.4. The van der Waals surface area contributed by atoms with E-state index in [0.29, 0.717) is 63.5 Å². The molecule has 0 heterocycles. The van der Waals surface area contributed by atoms with Crippen molar-refractivity contribution in [1.29, 1.82) is 0 Å². The van der Waals surface area contributed by atoms with Gasteiger partial charge in [0.1, 0.15) is 0 Å². The highest BCUT2D eigenvalue weighted by Crippen LogP contribution is 2.61. The zero-order valence-electron chi connectivity index (χ0n) is 31.2. The Morgan fingerprint density at radius 1 is 0.357 bits per heavy atom. The molecule has 16 heteroatoms. The molecular formula is C40H50F12N2P2. The molecule has 4 aliphatic rings. The summed E-state index contributed by atoms with van der Waals surface area (Å²) in [4.78, 5) is 0. The molecule has 2 N–H and O–H groups in total. The van der Waals surface area contributed by atoms with Crippen LogP contribution in [-0.2, 0) is 24.7 Å². The molecule has 6 rings (SSSR count). The minimum Gasteiger partial charge on any atom is -0.363 e. The molecule has 314 valence electrons. The summed E-state index contributed by atoms with van der Waals surface area (Å²) in [6.07, 6.45) is -6.38. The van der Waals surface area contributed by atoms with Gasteiger partial charge in [0.15, 0.2) is 0 Å². The summed E-state index contributed by atoms with van der Waals surface area (Å²) in [7, 11) is -3.10. The SMILES string of the molecule is FC(F)(F)c1cc(NP(C2CCCCC2)C2CCCCC2)c(-c2c(NP(C3CCCCC3)C3CCCCC3)cc(C(F)(F)F)cc2C(F)(F)F)c(C(F)(F)F)c1. The summed E-state index contributed by atoms with van der Waals surface area (Å²) < 4.78 is 179. The molecule has 2 nitrogen and oxygen atoms in total. The van der Waals surface area contributed by atoms with Crippen molar-refractivity contribution in [1.82, 2.24) is 0 Å². The summed E-state index contributed by atoms with van der Waals surface area (Å²) in [6.45, 7) is 0. The highest BCUT2D eigenvalue weighted by atomic mass is 31.1. The van der Waals surface area contributed by atoms with Crippen LogP contribution in [0.15, 0.2) is 24.3 Å². The number of anilines is 2. The lowest BCUT2D eigenvalue weighted by Gasteiger charge is -2.40. The lowest BCUT2D eigenvalue weighted by atomic mass is 9.89. The maximum atomic E-state index is 15.3. The van der Waals surface area contributed by atoms with Crippen LogP contribution in [0.5, 0.6) is 0 Å². The van der Waals surface area contributed by atoms with Crippen LogP contribution < -0.4 is 10.2 Å². The molecule has 2 aromatic rings. The highest BCUT2D eigenvalue weighted by Gasteiger charge is 2.46. The van der Waals surface area contributed by atoms with E-state index in [4.69, 9.17) is 0 Å². The van der Waals surface area contributed by atoms with Gasteiger partial charge in [-0.2, -0.15) is 52.7 Å². The predicted octanol–water partition coefficient (Wildman–Crippen LogP) is 16.4. The summed E-state index contributed by atoms with van der Waals surface area (Å²) in [5, 5.41) is 6.19. The van der Waals surface area contributed by atoms with Crippen LogP contribution in [0.3, 0.4) is 0 Å². The number of benzene rings is 2. The predicted molar refractivity (Wildman–Crippen MR) is 200 cm³/mol. The van der Waals surface area contributed by atoms with Crippen molar-refractivity contribution in [2.45, 2.75) is 176 Å². The molecule has 0 amide bonds. The van der Waals surface area contributed by atoms with E-state index in [1.807, 2.05) is 0 Å². The number of halogens is 12. The van der Waals surface area contributed by atoms with Crippen molar-refractivity contribution < 1.29 is 52.7 Å². The van der Waals surface area contributed by atoms with Gasteiger partial charge < -0.3 is 10.2 Å². The van der Waals surface area contributed by atoms with Gasteiger partial charge in [-0.1, -0.05) is 77.0 Å². The maximum absolute atomic E-state index is 15.3. The molecule has 0 unspecified atom stereocenters. The van der Waals surface area contributed by atoms with Crippen LogP contribution in [0.1, 0.15) is 151 Å². The summed E-state index contributed by atoms with van der Waals surface area (Å²) >= 11 is 0. The van der Waals surface area contributed by atoms with Crippen molar-refractivity contribution in [3.8, 4) is 11.1 Å². The van der Waals surface area contributed by atoms with Crippen molar-refractivity contribution >= 4 is 27.5 Å². The van der Waals surface area contributed by atoms with E-state index in [2.05, 4.69) is 10.2 Å². The maximum Gasteiger partial charge on any atom is 0.417 e. The lowest BCUT2D eigenvalue weighted by Crippen LogP contribution is -2.26. The van der Waals surface area contributed by atoms with Gasteiger partial charge in [0.05, 0.1) is 22.3 Å². The van der Waals surface area contributed by atoms with E-state index in [9.17, 15) is 26.3 Å². The third-order valence-electron chi connectivity index (χ3n) is 12.2. The molecule has 0 atom stereocenters. The Kier molecular flexibility index (Phi) is 13.8. The molecule has 0 spiro atoms. The van der Waals surface area contributed by atoms with E-state index in [1.165, 1.54) is 0 Å². The van der Waals surface area contributed by atoms with Gasteiger partial charge >= 0.3 is 24.7 Å². The lowest BCUT2D eigenvalue weighted by molar-refractivity contribution is -0.145. The Balaban J connectivity index is 1.66. The summed E-state index contributed by atoms with van der Waals surface area (Å²) in [6, 6.07) is 0.546. The zero-order valence-corrected chi connectivity index (χ0v) is 33.0.